The van der Waals surface area contributed by atoms with E-state index >= 15 is 0 Å². The predicted octanol–water partition coefficient (Wildman–Crippen LogP) is 2.56. The largest absolute Gasteiger partial charge is 0.377 e. The zero-order chi connectivity index (χ0) is 14.7. The zero-order valence-corrected chi connectivity index (χ0v) is 12.6. The molecule has 0 saturated heterocycles. The van der Waals surface area contributed by atoms with Gasteiger partial charge in [0.05, 0.1) is 6.54 Å². The summed E-state index contributed by atoms with van der Waals surface area (Å²) in [5.41, 5.74) is 2.78. The molecule has 1 atom stereocenters. The molecule has 0 unspecified atom stereocenters. The number of benzene rings is 1. The lowest BCUT2D eigenvalue weighted by Gasteiger charge is -2.36. The van der Waals surface area contributed by atoms with Gasteiger partial charge >= 0.3 is 0 Å². The summed E-state index contributed by atoms with van der Waals surface area (Å²) >= 11 is 0. The number of hydrogen-bond acceptors (Lipinski definition) is 5. The van der Waals surface area contributed by atoms with Crippen LogP contribution in [0.2, 0.25) is 0 Å². The quantitative estimate of drug-likeness (QED) is 0.915. The van der Waals surface area contributed by atoms with Crippen LogP contribution < -0.4 is 5.32 Å². The van der Waals surface area contributed by atoms with E-state index in [1.807, 2.05) is 0 Å². The van der Waals surface area contributed by atoms with Gasteiger partial charge in [0.15, 0.2) is 5.82 Å². The predicted molar refractivity (Wildman–Crippen MR) is 78.6 cm³/mol. The van der Waals surface area contributed by atoms with Gasteiger partial charge in [-0.15, -0.1) is 0 Å². The van der Waals surface area contributed by atoms with Gasteiger partial charge in [0.2, 0.25) is 5.89 Å². The number of methoxy groups -OCH3 is 1. The maximum absolute atomic E-state index is 5.24. The number of rotatable bonds is 5. The van der Waals surface area contributed by atoms with Crippen LogP contribution in [0.25, 0.3) is 0 Å². The molecule has 1 aliphatic carbocycles. The van der Waals surface area contributed by atoms with Crippen LogP contribution in [0.1, 0.15) is 42.6 Å². The Balaban J connectivity index is 1.72. The summed E-state index contributed by atoms with van der Waals surface area (Å²) in [4.78, 5) is 4.31. The van der Waals surface area contributed by atoms with E-state index in [0.717, 1.165) is 12.8 Å². The van der Waals surface area contributed by atoms with Crippen molar-refractivity contribution in [3.8, 4) is 0 Å². The topological polar surface area (TPSA) is 60.2 Å². The zero-order valence-electron chi connectivity index (χ0n) is 12.6. The fraction of sp³-hybridized carbons (Fsp3) is 0.500. The SMILES string of the molecule is COCc1noc(CN[C@@]2(C)CCCc3ccccc32)n1. The van der Waals surface area contributed by atoms with Crippen molar-refractivity contribution in [1.29, 1.82) is 0 Å². The third-order valence-electron chi connectivity index (χ3n) is 4.15. The minimum Gasteiger partial charge on any atom is -0.377 e. The first-order valence-electron chi connectivity index (χ1n) is 7.35. The highest BCUT2D eigenvalue weighted by molar-refractivity contribution is 5.35. The first-order valence-corrected chi connectivity index (χ1v) is 7.35. The Hall–Kier alpha value is -1.72. The molecule has 21 heavy (non-hydrogen) atoms. The van der Waals surface area contributed by atoms with Crippen molar-refractivity contribution in [3.63, 3.8) is 0 Å². The molecule has 112 valence electrons. The lowest BCUT2D eigenvalue weighted by atomic mass is 9.78. The van der Waals surface area contributed by atoms with E-state index in [-0.39, 0.29) is 5.54 Å². The van der Waals surface area contributed by atoms with Crippen LogP contribution in [0.5, 0.6) is 0 Å². The second-order valence-corrected chi connectivity index (χ2v) is 5.73. The maximum atomic E-state index is 5.24. The molecule has 1 aromatic heterocycles. The summed E-state index contributed by atoms with van der Waals surface area (Å²) in [5, 5.41) is 7.47. The van der Waals surface area contributed by atoms with E-state index in [4.69, 9.17) is 9.26 Å². The van der Waals surface area contributed by atoms with Gasteiger partial charge in [-0.2, -0.15) is 4.98 Å². The lowest BCUT2D eigenvalue weighted by molar-refractivity contribution is 0.174. The van der Waals surface area contributed by atoms with Crippen molar-refractivity contribution in [1.82, 2.24) is 15.5 Å². The van der Waals surface area contributed by atoms with Crippen LogP contribution in [0.3, 0.4) is 0 Å². The van der Waals surface area contributed by atoms with E-state index in [1.165, 1.54) is 17.5 Å². The van der Waals surface area contributed by atoms with E-state index in [9.17, 15) is 0 Å². The van der Waals surface area contributed by atoms with Gasteiger partial charge in [0.25, 0.3) is 0 Å². The highest BCUT2D eigenvalue weighted by Gasteiger charge is 2.31. The summed E-state index contributed by atoms with van der Waals surface area (Å²) in [7, 11) is 1.62. The molecule has 3 rings (SSSR count). The third kappa shape index (κ3) is 2.99. The molecular formula is C16H21N3O2. The molecule has 1 heterocycles. The summed E-state index contributed by atoms with van der Waals surface area (Å²) in [6, 6.07) is 8.65. The molecule has 1 aliphatic rings. The Morgan fingerprint density at radius 2 is 2.24 bits per heavy atom. The second kappa shape index (κ2) is 5.95. The van der Waals surface area contributed by atoms with Gasteiger partial charge in [0.1, 0.15) is 6.61 Å². The minimum atomic E-state index is -0.0370. The van der Waals surface area contributed by atoms with Crippen molar-refractivity contribution in [3.05, 3.63) is 47.1 Å². The van der Waals surface area contributed by atoms with Gasteiger partial charge in [-0.25, -0.2) is 0 Å². The second-order valence-electron chi connectivity index (χ2n) is 5.73. The van der Waals surface area contributed by atoms with Gasteiger partial charge in [0, 0.05) is 12.6 Å². The van der Waals surface area contributed by atoms with E-state index in [1.54, 1.807) is 7.11 Å². The number of aryl methyl sites for hydroxylation is 1. The average Bonchev–Trinajstić information content (AvgIpc) is 2.94. The summed E-state index contributed by atoms with van der Waals surface area (Å²) in [5.74, 6) is 1.19. The Morgan fingerprint density at radius 3 is 3.10 bits per heavy atom. The Bertz CT molecular complexity index is 611. The highest BCUT2D eigenvalue weighted by atomic mass is 16.5. The number of nitrogens with one attached hydrogen (secondary N) is 1. The number of ether oxygens (including phenoxy) is 1. The first kappa shape index (κ1) is 14.2. The standard InChI is InChI=1S/C16H21N3O2/c1-16(9-5-7-12-6-3-4-8-13(12)16)17-10-15-18-14(11-20-2)19-21-15/h3-4,6,8,17H,5,7,9-11H2,1-2H3/t16-/m0/s1. The van der Waals surface area contributed by atoms with Crippen LogP contribution in [-0.2, 0) is 29.8 Å². The first-order chi connectivity index (χ1) is 10.2. The number of nitrogens with zero attached hydrogens (tertiary/aromatic N) is 2. The van der Waals surface area contributed by atoms with Gasteiger partial charge in [-0.3, -0.25) is 5.32 Å². The number of fused-ring (bicyclic) bond motifs is 1. The molecular weight excluding hydrogens is 266 g/mol. The van der Waals surface area contributed by atoms with Crippen LogP contribution in [-0.4, -0.2) is 17.3 Å². The van der Waals surface area contributed by atoms with Gasteiger partial charge < -0.3 is 9.26 Å². The van der Waals surface area contributed by atoms with Crippen LogP contribution in [0.4, 0.5) is 0 Å². The molecule has 0 radical (unpaired) electrons. The summed E-state index contributed by atoms with van der Waals surface area (Å²) in [6.07, 6.45) is 3.47. The Labute approximate surface area is 124 Å². The summed E-state index contributed by atoms with van der Waals surface area (Å²) in [6.45, 7) is 3.20. The molecule has 1 N–H and O–H groups in total. The summed E-state index contributed by atoms with van der Waals surface area (Å²) < 4.78 is 10.2. The fourth-order valence-corrected chi connectivity index (χ4v) is 3.05. The smallest absolute Gasteiger partial charge is 0.240 e. The number of aromatic nitrogens is 2. The van der Waals surface area contributed by atoms with Gasteiger partial charge in [-0.05, 0) is 37.3 Å². The van der Waals surface area contributed by atoms with E-state index < -0.39 is 0 Å². The molecule has 2 aromatic rings. The molecule has 0 bridgehead atoms. The molecule has 5 nitrogen and oxygen atoms in total. The average molecular weight is 287 g/mol. The lowest BCUT2D eigenvalue weighted by Crippen LogP contribution is -2.41. The fourth-order valence-electron chi connectivity index (χ4n) is 3.05. The highest BCUT2D eigenvalue weighted by Crippen LogP contribution is 2.34. The van der Waals surface area contributed by atoms with Crippen molar-refractivity contribution in [2.75, 3.05) is 7.11 Å². The molecule has 0 amide bonds. The Kier molecular flexibility index (Phi) is 4.03. The van der Waals surface area contributed by atoms with Crippen LogP contribution in [0.15, 0.2) is 28.8 Å². The molecule has 0 saturated carbocycles. The van der Waals surface area contributed by atoms with Crippen molar-refractivity contribution in [2.45, 2.75) is 44.9 Å². The minimum absolute atomic E-state index is 0.0370. The van der Waals surface area contributed by atoms with Crippen LogP contribution >= 0.6 is 0 Å². The van der Waals surface area contributed by atoms with Crippen molar-refractivity contribution < 1.29 is 9.26 Å². The van der Waals surface area contributed by atoms with Gasteiger partial charge in [-0.1, -0.05) is 29.4 Å². The molecule has 0 spiro atoms. The van der Waals surface area contributed by atoms with E-state index in [0.29, 0.717) is 24.9 Å². The third-order valence-corrected chi connectivity index (χ3v) is 4.15. The van der Waals surface area contributed by atoms with E-state index in [2.05, 4.69) is 46.6 Å². The van der Waals surface area contributed by atoms with Crippen molar-refractivity contribution >= 4 is 0 Å². The van der Waals surface area contributed by atoms with Crippen molar-refractivity contribution in [2.24, 2.45) is 0 Å². The van der Waals surface area contributed by atoms with Crippen LogP contribution in [0, 0.1) is 0 Å². The molecule has 1 aromatic carbocycles. The molecule has 0 fully saturated rings. The Morgan fingerprint density at radius 1 is 1.38 bits per heavy atom. The molecule has 5 heteroatoms. The number of hydrogen-bond donors (Lipinski definition) is 1. The normalized spacial score (nSPS) is 21.2. The monoisotopic (exact) mass is 287 g/mol. The maximum Gasteiger partial charge on any atom is 0.240 e. The molecule has 0 aliphatic heterocycles.